The predicted molar refractivity (Wildman–Crippen MR) is 93.2 cm³/mol. The monoisotopic (exact) mass is 326 g/mol. The van der Waals surface area contributed by atoms with Crippen molar-refractivity contribution in [1.82, 2.24) is 0 Å². The van der Waals surface area contributed by atoms with E-state index >= 15 is 0 Å². The van der Waals surface area contributed by atoms with Gasteiger partial charge in [0.1, 0.15) is 11.5 Å². The van der Waals surface area contributed by atoms with E-state index in [-0.39, 0.29) is 6.61 Å². The minimum Gasteiger partial charge on any atom is -0.496 e. The fourth-order valence-corrected chi connectivity index (χ4v) is 2.17. The fraction of sp³-hybridized carbons (Fsp3) is 0.250. The van der Waals surface area contributed by atoms with Gasteiger partial charge in [-0.15, -0.1) is 0 Å². The summed E-state index contributed by atoms with van der Waals surface area (Å²) in [6, 6.07) is 15.3. The van der Waals surface area contributed by atoms with Crippen molar-refractivity contribution in [2.24, 2.45) is 0 Å². The van der Waals surface area contributed by atoms with E-state index in [0.29, 0.717) is 12.2 Å². The third-order valence-corrected chi connectivity index (χ3v) is 3.43. The molecule has 0 unspecified atom stereocenters. The molecule has 2 aromatic carbocycles. The summed E-state index contributed by atoms with van der Waals surface area (Å²) in [7, 11) is 1.64. The summed E-state index contributed by atoms with van der Waals surface area (Å²) < 4.78 is 15.8. The molecule has 0 radical (unpaired) electrons. The zero-order valence-corrected chi connectivity index (χ0v) is 14.2. The van der Waals surface area contributed by atoms with E-state index in [0.717, 1.165) is 22.4 Å². The molecule has 4 heteroatoms. The normalized spacial score (nSPS) is 11.0. The van der Waals surface area contributed by atoms with Crippen molar-refractivity contribution >= 4 is 5.97 Å². The van der Waals surface area contributed by atoms with Crippen molar-refractivity contribution in [2.75, 3.05) is 13.7 Å². The van der Waals surface area contributed by atoms with Crippen molar-refractivity contribution in [3.63, 3.8) is 0 Å². The van der Waals surface area contributed by atoms with Crippen LogP contribution in [0.3, 0.4) is 0 Å². The summed E-state index contributed by atoms with van der Waals surface area (Å²) in [6.45, 7) is 3.77. The van der Waals surface area contributed by atoms with Crippen LogP contribution in [0.25, 0.3) is 0 Å². The van der Waals surface area contributed by atoms with Crippen LogP contribution in [0.1, 0.15) is 18.1 Å². The third-order valence-electron chi connectivity index (χ3n) is 3.43. The molecule has 0 spiro atoms. The largest absolute Gasteiger partial charge is 0.496 e. The second-order valence-electron chi connectivity index (χ2n) is 5.54. The van der Waals surface area contributed by atoms with Gasteiger partial charge in [-0.25, -0.2) is 4.79 Å². The van der Waals surface area contributed by atoms with Crippen LogP contribution >= 0.6 is 0 Å². The summed E-state index contributed by atoms with van der Waals surface area (Å²) in [4.78, 5) is 11.7. The van der Waals surface area contributed by atoms with Gasteiger partial charge in [0.2, 0.25) is 0 Å². The molecule has 126 valence electrons. The Hall–Kier alpha value is -2.75. The first kappa shape index (κ1) is 17.6. The zero-order chi connectivity index (χ0) is 17.4. The lowest BCUT2D eigenvalue weighted by Gasteiger charge is -2.08. The van der Waals surface area contributed by atoms with Crippen molar-refractivity contribution < 1.29 is 19.0 Å². The number of para-hydroxylation sites is 1. The molecular formula is C20H22O4. The molecule has 0 aliphatic carbocycles. The number of hydrogen-bond donors (Lipinski definition) is 0. The average molecular weight is 326 g/mol. The van der Waals surface area contributed by atoms with Gasteiger partial charge in [0.15, 0.2) is 6.61 Å². The summed E-state index contributed by atoms with van der Waals surface area (Å²) >= 11 is 0. The van der Waals surface area contributed by atoms with Crippen molar-refractivity contribution in [3.05, 3.63) is 71.5 Å². The highest BCUT2D eigenvalue weighted by Gasteiger charge is 2.05. The Balaban J connectivity index is 1.83. The lowest BCUT2D eigenvalue weighted by molar-refractivity contribution is -0.140. The number of benzene rings is 2. The Morgan fingerprint density at radius 1 is 1.08 bits per heavy atom. The maximum Gasteiger partial charge on any atom is 0.348 e. The van der Waals surface area contributed by atoms with Crippen LogP contribution in [-0.2, 0) is 16.0 Å². The van der Waals surface area contributed by atoms with Gasteiger partial charge in [0.25, 0.3) is 0 Å². The Bertz CT molecular complexity index is 702. The van der Waals surface area contributed by atoms with Gasteiger partial charge in [0, 0.05) is 6.42 Å². The quantitative estimate of drug-likeness (QED) is 0.568. The number of ether oxygens (including phenoxy) is 3. The van der Waals surface area contributed by atoms with E-state index in [2.05, 4.69) is 0 Å². The first-order chi connectivity index (χ1) is 11.6. The molecule has 0 heterocycles. The second kappa shape index (κ2) is 8.77. The Kier molecular flexibility index (Phi) is 6.43. The van der Waals surface area contributed by atoms with Gasteiger partial charge >= 0.3 is 5.97 Å². The van der Waals surface area contributed by atoms with Crippen LogP contribution in [0.2, 0.25) is 0 Å². The number of allylic oxidation sites excluding steroid dienone is 1. The van der Waals surface area contributed by atoms with Crippen LogP contribution in [0.4, 0.5) is 0 Å². The van der Waals surface area contributed by atoms with E-state index in [1.165, 1.54) is 6.26 Å². The molecule has 0 aliphatic heterocycles. The van der Waals surface area contributed by atoms with E-state index in [1.807, 2.05) is 62.4 Å². The first-order valence-electron chi connectivity index (χ1n) is 7.75. The van der Waals surface area contributed by atoms with Crippen LogP contribution in [-0.4, -0.2) is 19.7 Å². The Labute approximate surface area is 142 Å². The van der Waals surface area contributed by atoms with Gasteiger partial charge in [-0.3, -0.25) is 0 Å². The van der Waals surface area contributed by atoms with Crippen molar-refractivity contribution in [1.29, 1.82) is 0 Å². The number of methoxy groups -OCH3 is 1. The van der Waals surface area contributed by atoms with Crippen LogP contribution in [0.5, 0.6) is 11.5 Å². The van der Waals surface area contributed by atoms with Gasteiger partial charge in [-0.1, -0.05) is 35.9 Å². The number of hydrogen-bond acceptors (Lipinski definition) is 4. The van der Waals surface area contributed by atoms with Gasteiger partial charge < -0.3 is 14.2 Å². The highest BCUT2D eigenvalue weighted by Crippen LogP contribution is 2.20. The molecule has 2 rings (SSSR count). The molecular weight excluding hydrogens is 304 g/mol. The molecule has 0 bridgehead atoms. The molecule has 0 aromatic heterocycles. The van der Waals surface area contributed by atoms with Crippen LogP contribution < -0.4 is 9.47 Å². The molecule has 0 atom stereocenters. The second-order valence-corrected chi connectivity index (χ2v) is 5.54. The predicted octanol–water partition coefficient (Wildman–Crippen LogP) is 4.07. The minimum atomic E-state index is -0.435. The zero-order valence-electron chi connectivity index (χ0n) is 14.2. The molecule has 0 N–H and O–H groups in total. The summed E-state index contributed by atoms with van der Waals surface area (Å²) in [6.07, 6.45) is 2.11. The molecule has 2 aromatic rings. The highest BCUT2D eigenvalue weighted by atomic mass is 16.6. The van der Waals surface area contributed by atoms with Gasteiger partial charge in [0.05, 0.1) is 13.4 Å². The fourth-order valence-electron chi connectivity index (χ4n) is 2.17. The molecule has 0 amide bonds. The maximum absolute atomic E-state index is 11.7. The van der Waals surface area contributed by atoms with Crippen molar-refractivity contribution in [2.45, 2.75) is 20.3 Å². The Morgan fingerprint density at radius 3 is 2.50 bits per heavy atom. The molecule has 0 aliphatic rings. The van der Waals surface area contributed by atoms with Crippen molar-refractivity contribution in [3.8, 4) is 11.5 Å². The highest BCUT2D eigenvalue weighted by molar-refractivity contribution is 5.71. The van der Waals surface area contributed by atoms with Crippen LogP contribution in [0, 0.1) is 6.92 Å². The lowest BCUT2D eigenvalue weighted by Crippen LogP contribution is -2.12. The standard InChI is InChI=1S/C20H22O4/c1-15-8-10-18(11-9-15)23-14-20(21)24-13-16(2)12-17-6-4-5-7-19(17)22-3/h4-11,13H,12,14H2,1-3H3/b16-13+. The maximum atomic E-state index is 11.7. The lowest BCUT2D eigenvalue weighted by atomic mass is 10.1. The summed E-state index contributed by atoms with van der Waals surface area (Å²) in [5.74, 6) is 1.03. The smallest absolute Gasteiger partial charge is 0.348 e. The number of rotatable bonds is 7. The van der Waals surface area contributed by atoms with E-state index in [1.54, 1.807) is 7.11 Å². The number of esters is 1. The summed E-state index contributed by atoms with van der Waals surface area (Å²) in [5.41, 5.74) is 3.10. The molecule has 24 heavy (non-hydrogen) atoms. The molecule has 0 saturated carbocycles. The van der Waals surface area contributed by atoms with E-state index < -0.39 is 5.97 Å². The molecule has 4 nitrogen and oxygen atoms in total. The first-order valence-corrected chi connectivity index (χ1v) is 7.75. The van der Waals surface area contributed by atoms with E-state index in [9.17, 15) is 4.79 Å². The number of aryl methyl sites for hydroxylation is 1. The summed E-state index contributed by atoms with van der Waals surface area (Å²) in [5, 5.41) is 0. The number of carbonyl (C=O) groups is 1. The molecule has 0 fully saturated rings. The van der Waals surface area contributed by atoms with Gasteiger partial charge in [-0.2, -0.15) is 0 Å². The Morgan fingerprint density at radius 2 is 1.79 bits per heavy atom. The number of carbonyl (C=O) groups excluding carboxylic acids is 1. The van der Waals surface area contributed by atoms with E-state index in [4.69, 9.17) is 14.2 Å². The molecule has 0 saturated heterocycles. The minimum absolute atomic E-state index is 0.124. The SMILES string of the molecule is COc1ccccc1C/C(C)=C/OC(=O)COc1ccc(C)cc1. The average Bonchev–Trinajstić information content (AvgIpc) is 2.60. The third kappa shape index (κ3) is 5.47. The van der Waals surface area contributed by atoms with Gasteiger partial charge in [-0.05, 0) is 43.2 Å². The topological polar surface area (TPSA) is 44.8 Å². The van der Waals surface area contributed by atoms with Crippen LogP contribution in [0.15, 0.2) is 60.4 Å².